The van der Waals surface area contributed by atoms with Gasteiger partial charge in [-0.2, -0.15) is 0 Å². The molecule has 0 heteroatoms. The van der Waals surface area contributed by atoms with E-state index in [2.05, 4.69) is 34.6 Å². The van der Waals surface area contributed by atoms with Gasteiger partial charge in [0.15, 0.2) is 0 Å². The zero-order chi connectivity index (χ0) is 13.5. The van der Waals surface area contributed by atoms with Crippen LogP contribution in [-0.2, 0) is 0 Å². The third kappa shape index (κ3) is 6.81. The fraction of sp³-hybridized carbons (Fsp3) is 1.00. The van der Waals surface area contributed by atoms with Gasteiger partial charge in [0.1, 0.15) is 0 Å². The molecule has 0 aromatic heterocycles. The van der Waals surface area contributed by atoms with Crippen LogP contribution in [0.5, 0.6) is 0 Å². The molecule has 18 heavy (non-hydrogen) atoms. The molecule has 0 nitrogen and oxygen atoms in total. The molecule has 1 aliphatic rings. The van der Waals surface area contributed by atoms with Crippen molar-refractivity contribution >= 4 is 0 Å². The van der Waals surface area contributed by atoms with E-state index in [1.165, 1.54) is 51.4 Å². The first-order valence-corrected chi connectivity index (χ1v) is 8.52. The molecule has 0 bridgehead atoms. The Morgan fingerprint density at radius 2 is 1.44 bits per heavy atom. The summed E-state index contributed by atoms with van der Waals surface area (Å²) in [4.78, 5) is 0. The summed E-state index contributed by atoms with van der Waals surface area (Å²) in [5.74, 6) is 4.98. The van der Waals surface area contributed by atoms with Crippen LogP contribution in [0, 0.1) is 29.6 Å². The summed E-state index contributed by atoms with van der Waals surface area (Å²) in [6.45, 7) is 12.1. The Morgan fingerprint density at radius 3 is 2.00 bits per heavy atom. The zero-order valence-corrected chi connectivity index (χ0v) is 13.5. The second-order valence-electron chi connectivity index (χ2n) is 7.47. The Balaban J connectivity index is 2.00. The van der Waals surface area contributed by atoms with Gasteiger partial charge in [0.2, 0.25) is 0 Å². The second-order valence-corrected chi connectivity index (χ2v) is 7.47. The molecule has 0 aliphatic heterocycles. The summed E-state index contributed by atoms with van der Waals surface area (Å²) < 4.78 is 0. The predicted octanol–water partition coefficient (Wildman–Crippen LogP) is 6.30. The highest BCUT2D eigenvalue weighted by Gasteiger charge is 2.31. The molecule has 0 saturated heterocycles. The van der Waals surface area contributed by atoms with Crippen molar-refractivity contribution in [2.45, 2.75) is 86.0 Å². The summed E-state index contributed by atoms with van der Waals surface area (Å²) in [6.07, 6.45) is 11.6. The predicted molar refractivity (Wildman–Crippen MR) is 82.8 cm³/mol. The minimum absolute atomic E-state index is 0.938. The zero-order valence-electron chi connectivity index (χ0n) is 13.5. The van der Waals surface area contributed by atoms with Crippen LogP contribution >= 0.6 is 0 Å². The molecule has 5 unspecified atom stereocenters. The number of hydrogen-bond acceptors (Lipinski definition) is 0. The van der Waals surface area contributed by atoms with E-state index in [1.54, 1.807) is 0 Å². The average molecular weight is 252 g/mol. The van der Waals surface area contributed by atoms with Crippen LogP contribution in [0.15, 0.2) is 0 Å². The summed E-state index contributed by atoms with van der Waals surface area (Å²) in [6, 6.07) is 0. The third-order valence-corrected chi connectivity index (χ3v) is 5.04. The quantitative estimate of drug-likeness (QED) is 0.428. The summed E-state index contributed by atoms with van der Waals surface area (Å²) >= 11 is 0. The highest BCUT2D eigenvalue weighted by Crippen LogP contribution is 2.42. The van der Waals surface area contributed by atoms with Gasteiger partial charge in [0, 0.05) is 0 Å². The fourth-order valence-electron chi connectivity index (χ4n) is 3.43. The van der Waals surface area contributed by atoms with Crippen LogP contribution in [0.3, 0.4) is 0 Å². The summed E-state index contributed by atoms with van der Waals surface area (Å²) in [5, 5.41) is 0. The van der Waals surface area contributed by atoms with Gasteiger partial charge in [0.05, 0.1) is 0 Å². The molecule has 0 radical (unpaired) electrons. The molecule has 0 spiro atoms. The van der Waals surface area contributed by atoms with Gasteiger partial charge in [-0.3, -0.25) is 0 Å². The Kier molecular flexibility index (Phi) is 7.34. The lowest BCUT2D eigenvalue weighted by Crippen LogP contribution is -2.05. The van der Waals surface area contributed by atoms with Crippen LogP contribution in [0.1, 0.15) is 86.0 Å². The largest absolute Gasteiger partial charge is 0.0654 e. The van der Waals surface area contributed by atoms with Crippen molar-refractivity contribution in [1.29, 1.82) is 0 Å². The molecule has 1 fully saturated rings. The molecule has 0 heterocycles. The third-order valence-electron chi connectivity index (χ3n) is 5.04. The number of hydrogen-bond donors (Lipinski definition) is 0. The maximum Gasteiger partial charge on any atom is -0.0386 e. The smallest absolute Gasteiger partial charge is 0.0386 e. The summed E-state index contributed by atoms with van der Waals surface area (Å²) in [5.41, 5.74) is 0. The van der Waals surface area contributed by atoms with E-state index >= 15 is 0 Å². The molecule has 1 rings (SSSR count). The van der Waals surface area contributed by atoms with Crippen molar-refractivity contribution in [2.75, 3.05) is 0 Å². The minimum atomic E-state index is 0.938. The first kappa shape index (κ1) is 16.1. The molecule has 0 aromatic carbocycles. The van der Waals surface area contributed by atoms with Crippen molar-refractivity contribution in [3.05, 3.63) is 0 Å². The lowest BCUT2D eigenvalue weighted by molar-refractivity contribution is 0.337. The van der Waals surface area contributed by atoms with Crippen molar-refractivity contribution in [1.82, 2.24) is 0 Å². The van der Waals surface area contributed by atoms with Crippen LogP contribution in [0.25, 0.3) is 0 Å². The SMILES string of the molecule is CCCC(C)CC(C)CCC(C)CCC1CC1C. The maximum atomic E-state index is 2.47. The minimum Gasteiger partial charge on any atom is -0.0654 e. The van der Waals surface area contributed by atoms with Crippen LogP contribution < -0.4 is 0 Å². The van der Waals surface area contributed by atoms with Crippen LogP contribution in [0.2, 0.25) is 0 Å². The Hall–Kier alpha value is 0. The van der Waals surface area contributed by atoms with Gasteiger partial charge in [-0.25, -0.2) is 0 Å². The molecule has 1 saturated carbocycles. The molecule has 0 aromatic rings. The summed E-state index contributed by atoms with van der Waals surface area (Å²) in [7, 11) is 0. The van der Waals surface area contributed by atoms with Crippen molar-refractivity contribution < 1.29 is 0 Å². The topological polar surface area (TPSA) is 0 Å². The molecular formula is C18H36. The van der Waals surface area contributed by atoms with E-state index in [9.17, 15) is 0 Å². The van der Waals surface area contributed by atoms with Gasteiger partial charge in [0.25, 0.3) is 0 Å². The van der Waals surface area contributed by atoms with Crippen molar-refractivity contribution in [2.24, 2.45) is 29.6 Å². The van der Waals surface area contributed by atoms with Gasteiger partial charge in [-0.15, -0.1) is 0 Å². The molecule has 5 atom stereocenters. The van der Waals surface area contributed by atoms with Crippen molar-refractivity contribution in [3.63, 3.8) is 0 Å². The highest BCUT2D eigenvalue weighted by atomic mass is 14.4. The highest BCUT2D eigenvalue weighted by molar-refractivity contribution is 4.82. The normalized spacial score (nSPS) is 27.8. The monoisotopic (exact) mass is 252 g/mol. The van der Waals surface area contributed by atoms with E-state index in [0.717, 1.165) is 29.6 Å². The van der Waals surface area contributed by atoms with Crippen LogP contribution in [-0.4, -0.2) is 0 Å². The van der Waals surface area contributed by atoms with E-state index in [1.807, 2.05) is 0 Å². The van der Waals surface area contributed by atoms with E-state index in [0.29, 0.717) is 0 Å². The first-order valence-electron chi connectivity index (χ1n) is 8.52. The van der Waals surface area contributed by atoms with E-state index in [4.69, 9.17) is 0 Å². The lowest BCUT2D eigenvalue weighted by Gasteiger charge is -2.19. The molecule has 0 amide bonds. The molecular weight excluding hydrogens is 216 g/mol. The van der Waals surface area contributed by atoms with Crippen molar-refractivity contribution in [3.8, 4) is 0 Å². The Labute approximate surface area is 116 Å². The fourth-order valence-corrected chi connectivity index (χ4v) is 3.43. The number of rotatable bonds is 10. The van der Waals surface area contributed by atoms with Gasteiger partial charge in [-0.1, -0.05) is 66.7 Å². The first-order chi connectivity index (χ1) is 8.52. The average Bonchev–Trinajstić information content (AvgIpc) is 3.00. The van der Waals surface area contributed by atoms with Gasteiger partial charge >= 0.3 is 0 Å². The maximum absolute atomic E-state index is 2.47. The Morgan fingerprint density at radius 1 is 0.889 bits per heavy atom. The Bertz CT molecular complexity index is 208. The van der Waals surface area contributed by atoms with Gasteiger partial charge in [-0.05, 0) is 48.9 Å². The molecule has 108 valence electrons. The van der Waals surface area contributed by atoms with E-state index in [-0.39, 0.29) is 0 Å². The second kappa shape index (κ2) is 8.23. The van der Waals surface area contributed by atoms with E-state index < -0.39 is 0 Å². The molecule has 0 N–H and O–H groups in total. The van der Waals surface area contributed by atoms with Crippen LogP contribution in [0.4, 0.5) is 0 Å². The lowest BCUT2D eigenvalue weighted by atomic mass is 9.87. The standard InChI is InChI=1S/C18H36/c1-6-7-15(3)12-16(4)9-8-14(2)10-11-18-13-17(18)5/h14-18H,6-13H2,1-5H3. The van der Waals surface area contributed by atoms with Gasteiger partial charge < -0.3 is 0 Å². The molecule has 1 aliphatic carbocycles.